The molecule has 92 valence electrons. The SMILES string of the molecule is CC(C)[C@]1(C)NC(C)(c2ccccn2)NC1=S. The molecular weight excluding hydrogens is 230 g/mol. The number of rotatable bonds is 2. The van der Waals surface area contributed by atoms with Crippen molar-refractivity contribution in [3.63, 3.8) is 0 Å². The zero-order valence-electron chi connectivity index (χ0n) is 10.7. The van der Waals surface area contributed by atoms with Gasteiger partial charge in [-0.3, -0.25) is 10.3 Å². The molecule has 0 saturated carbocycles. The third kappa shape index (κ3) is 1.96. The quantitative estimate of drug-likeness (QED) is 0.788. The van der Waals surface area contributed by atoms with Gasteiger partial charge in [-0.15, -0.1) is 0 Å². The minimum Gasteiger partial charge on any atom is -0.355 e. The van der Waals surface area contributed by atoms with Crippen LogP contribution in [0.2, 0.25) is 0 Å². The number of pyridine rings is 1. The first-order valence-electron chi connectivity index (χ1n) is 5.92. The fraction of sp³-hybridized carbons (Fsp3) is 0.538. The Labute approximate surface area is 108 Å². The highest BCUT2D eigenvalue weighted by molar-refractivity contribution is 7.80. The Hall–Kier alpha value is -1.00. The molecular formula is C13H19N3S. The second-order valence-corrected chi connectivity index (χ2v) is 5.68. The molecule has 17 heavy (non-hydrogen) atoms. The predicted molar refractivity (Wildman–Crippen MR) is 73.7 cm³/mol. The average Bonchev–Trinajstić information content (AvgIpc) is 2.53. The third-order valence-electron chi connectivity index (χ3n) is 3.68. The molecule has 3 nitrogen and oxygen atoms in total. The Morgan fingerprint density at radius 1 is 1.29 bits per heavy atom. The number of aromatic nitrogens is 1. The van der Waals surface area contributed by atoms with Gasteiger partial charge in [0.1, 0.15) is 5.66 Å². The van der Waals surface area contributed by atoms with Crippen LogP contribution in [0.4, 0.5) is 0 Å². The second kappa shape index (κ2) is 4.03. The van der Waals surface area contributed by atoms with E-state index in [1.807, 2.05) is 18.2 Å². The van der Waals surface area contributed by atoms with Gasteiger partial charge in [0.2, 0.25) is 0 Å². The summed E-state index contributed by atoms with van der Waals surface area (Å²) < 4.78 is 0. The molecule has 0 spiro atoms. The monoisotopic (exact) mass is 249 g/mol. The molecule has 0 amide bonds. The van der Waals surface area contributed by atoms with Crippen molar-refractivity contribution in [1.29, 1.82) is 0 Å². The van der Waals surface area contributed by atoms with Crippen molar-refractivity contribution in [2.24, 2.45) is 5.92 Å². The first-order chi connectivity index (χ1) is 7.88. The van der Waals surface area contributed by atoms with Crippen LogP contribution < -0.4 is 10.6 Å². The van der Waals surface area contributed by atoms with Crippen molar-refractivity contribution in [1.82, 2.24) is 15.6 Å². The van der Waals surface area contributed by atoms with Gasteiger partial charge < -0.3 is 5.32 Å². The van der Waals surface area contributed by atoms with E-state index in [4.69, 9.17) is 12.2 Å². The predicted octanol–water partition coefficient (Wildman–Crippen LogP) is 2.19. The van der Waals surface area contributed by atoms with Gasteiger partial charge in [-0.2, -0.15) is 0 Å². The normalized spacial score (nSPS) is 32.9. The molecule has 2 heterocycles. The first kappa shape index (κ1) is 12.5. The van der Waals surface area contributed by atoms with E-state index in [1.165, 1.54) is 0 Å². The van der Waals surface area contributed by atoms with Crippen molar-refractivity contribution in [2.45, 2.75) is 38.9 Å². The van der Waals surface area contributed by atoms with E-state index < -0.39 is 0 Å². The lowest BCUT2D eigenvalue weighted by molar-refractivity contribution is 0.274. The second-order valence-electron chi connectivity index (χ2n) is 5.28. The first-order valence-corrected chi connectivity index (χ1v) is 6.33. The largest absolute Gasteiger partial charge is 0.355 e. The van der Waals surface area contributed by atoms with Gasteiger partial charge in [0.15, 0.2) is 0 Å². The molecule has 1 aliphatic rings. The highest BCUT2D eigenvalue weighted by Crippen LogP contribution is 2.31. The molecule has 2 atom stereocenters. The maximum atomic E-state index is 5.48. The van der Waals surface area contributed by atoms with Crippen LogP contribution in [0.25, 0.3) is 0 Å². The zero-order chi connectivity index (χ0) is 12.7. The van der Waals surface area contributed by atoms with Crippen LogP contribution in [-0.2, 0) is 5.66 Å². The summed E-state index contributed by atoms with van der Waals surface area (Å²) in [5.41, 5.74) is 0.408. The van der Waals surface area contributed by atoms with E-state index in [0.717, 1.165) is 10.7 Å². The summed E-state index contributed by atoms with van der Waals surface area (Å²) in [6, 6.07) is 5.92. The molecule has 1 saturated heterocycles. The average molecular weight is 249 g/mol. The number of nitrogens with one attached hydrogen (secondary N) is 2. The van der Waals surface area contributed by atoms with Crippen LogP contribution in [0.15, 0.2) is 24.4 Å². The number of nitrogens with zero attached hydrogens (tertiary/aromatic N) is 1. The molecule has 0 bridgehead atoms. The van der Waals surface area contributed by atoms with E-state index >= 15 is 0 Å². The molecule has 0 aliphatic carbocycles. The Morgan fingerprint density at radius 3 is 2.47 bits per heavy atom. The summed E-state index contributed by atoms with van der Waals surface area (Å²) in [4.78, 5) is 5.27. The van der Waals surface area contributed by atoms with Gasteiger partial charge in [-0.25, -0.2) is 0 Å². The van der Waals surface area contributed by atoms with Crippen LogP contribution in [0.5, 0.6) is 0 Å². The van der Waals surface area contributed by atoms with Crippen molar-refractivity contribution >= 4 is 17.2 Å². The van der Waals surface area contributed by atoms with E-state index in [0.29, 0.717) is 5.92 Å². The molecule has 0 radical (unpaired) electrons. The molecule has 4 heteroatoms. The Kier molecular flexibility index (Phi) is 2.96. The third-order valence-corrected chi connectivity index (χ3v) is 4.20. The lowest BCUT2D eigenvalue weighted by Gasteiger charge is -2.31. The van der Waals surface area contributed by atoms with Crippen LogP contribution in [-0.4, -0.2) is 15.5 Å². The zero-order valence-corrected chi connectivity index (χ0v) is 11.6. The summed E-state index contributed by atoms with van der Waals surface area (Å²) in [6.45, 7) is 8.56. The van der Waals surface area contributed by atoms with Crippen LogP contribution in [0.1, 0.15) is 33.4 Å². The summed E-state index contributed by atoms with van der Waals surface area (Å²) in [5, 5.41) is 6.97. The highest BCUT2D eigenvalue weighted by atomic mass is 32.1. The topological polar surface area (TPSA) is 37.0 Å². The minimum atomic E-state index is -0.378. The van der Waals surface area contributed by atoms with Gasteiger partial charge >= 0.3 is 0 Å². The molecule has 1 aliphatic heterocycles. The fourth-order valence-electron chi connectivity index (χ4n) is 2.16. The summed E-state index contributed by atoms with van der Waals surface area (Å²) in [6.07, 6.45) is 1.80. The maximum Gasteiger partial charge on any atom is 0.130 e. The van der Waals surface area contributed by atoms with Crippen molar-refractivity contribution in [3.05, 3.63) is 30.1 Å². The van der Waals surface area contributed by atoms with Crippen LogP contribution >= 0.6 is 12.2 Å². The molecule has 1 fully saturated rings. The van der Waals surface area contributed by atoms with Crippen LogP contribution in [0.3, 0.4) is 0 Å². The smallest absolute Gasteiger partial charge is 0.130 e. The lowest BCUT2D eigenvalue weighted by Crippen LogP contribution is -2.51. The van der Waals surface area contributed by atoms with E-state index in [9.17, 15) is 0 Å². The highest BCUT2D eigenvalue weighted by Gasteiger charge is 2.48. The number of hydrogen-bond acceptors (Lipinski definition) is 3. The van der Waals surface area contributed by atoms with Gasteiger partial charge in [-0.05, 0) is 31.9 Å². The molecule has 0 aromatic carbocycles. The Bertz CT molecular complexity index is 432. The molecule has 2 N–H and O–H groups in total. The fourth-order valence-corrected chi connectivity index (χ4v) is 2.65. The summed E-state index contributed by atoms with van der Waals surface area (Å²) >= 11 is 5.48. The van der Waals surface area contributed by atoms with Gasteiger partial charge in [0.05, 0.1) is 16.2 Å². The van der Waals surface area contributed by atoms with Crippen molar-refractivity contribution < 1.29 is 0 Å². The van der Waals surface area contributed by atoms with E-state index in [2.05, 4.69) is 43.3 Å². The molecule has 1 aromatic rings. The van der Waals surface area contributed by atoms with Crippen molar-refractivity contribution in [3.8, 4) is 0 Å². The van der Waals surface area contributed by atoms with Gasteiger partial charge in [0.25, 0.3) is 0 Å². The Morgan fingerprint density at radius 2 is 2.00 bits per heavy atom. The number of thiocarbonyl (C=S) groups is 1. The molecule has 1 aromatic heterocycles. The van der Waals surface area contributed by atoms with E-state index in [-0.39, 0.29) is 11.2 Å². The summed E-state index contributed by atoms with van der Waals surface area (Å²) in [5.74, 6) is 0.424. The summed E-state index contributed by atoms with van der Waals surface area (Å²) in [7, 11) is 0. The Balaban J connectivity index is 2.36. The van der Waals surface area contributed by atoms with Gasteiger partial charge in [0, 0.05) is 6.20 Å². The standard InChI is InChI=1S/C13H19N3S/c1-9(2)12(3)11(17)15-13(4,16-12)10-7-5-6-8-14-10/h5-9,16H,1-4H3,(H,15,17)/t12-,13?/m0/s1. The van der Waals surface area contributed by atoms with E-state index in [1.54, 1.807) is 6.20 Å². The minimum absolute atomic E-state index is 0.179. The molecule has 2 rings (SSSR count). The van der Waals surface area contributed by atoms with Crippen molar-refractivity contribution in [2.75, 3.05) is 0 Å². The maximum absolute atomic E-state index is 5.48. The van der Waals surface area contributed by atoms with Gasteiger partial charge in [-0.1, -0.05) is 32.1 Å². The number of hydrogen-bond donors (Lipinski definition) is 2. The lowest BCUT2D eigenvalue weighted by atomic mass is 9.89. The molecule has 1 unspecified atom stereocenters. The van der Waals surface area contributed by atoms with Crippen LogP contribution in [0, 0.1) is 5.92 Å².